The summed E-state index contributed by atoms with van der Waals surface area (Å²) in [5, 5.41) is 6.35. The molecular formula is C13H26N2O. The first-order valence-electron chi connectivity index (χ1n) is 6.43. The third-order valence-corrected chi connectivity index (χ3v) is 3.24. The van der Waals surface area contributed by atoms with Crippen molar-refractivity contribution in [2.45, 2.75) is 65.0 Å². The summed E-state index contributed by atoms with van der Waals surface area (Å²) in [5.41, 5.74) is 0.00945. The fourth-order valence-corrected chi connectivity index (χ4v) is 2.13. The third-order valence-electron chi connectivity index (χ3n) is 3.24. The number of hydrogen-bond acceptors (Lipinski definition) is 2. The van der Waals surface area contributed by atoms with Crippen molar-refractivity contribution in [2.75, 3.05) is 6.54 Å². The van der Waals surface area contributed by atoms with Crippen LogP contribution in [0.4, 0.5) is 0 Å². The number of hydrogen-bond donors (Lipinski definition) is 2. The standard InChI is InChI=1S/C13H26N2O/c1-10-7-5-6-8-11(10)15-12(16)9-14-13(2,3)4/h10-11,14H,5-9H2,1-4H3,(H,15,16). The van der Waals surface area contributed by atoms with Crippen LogP contribution in [0, 0.1) is 5.92 Å². The molecule has 0 saturated heterocycles. The molecule has 0 aliphatic heterocycles. The van der Waals surface area contributed by atoms with E-state index >= 15 is 0 Å². The Morgan fingerprint density at radius 1 is 1.25 bits per heavy atom. The zero-order valence-electron chi connectivity index (χ0n) is 11.1. The van der Waals surface area contributed by atoms with E-state index in [1.165, 1.54) is 19.3 Å². The molecule has 3 nitrogen and oxygen atoms in total. The van der Waals surface area contributed by atoms with Crippen LogP contribution in [0.2, 0.25) is 0 Å². The van der Waals surface area contributed by atoms with E-state index in [0.29, 0.717) is 18.5 Å². The average molecular weight is 226 g/mol. The molecule has 2 N–H and O–H groups in total. The molecule has 16 heavy (non-hydrogen) atoms. The molecule has 0 radical (unpaired) electrons. The van der Waals surface area contributed by atoms with E-state index in [1.807, 2.05) is 0 Å². The normalized spacial score (nSPS) is 26.5. The predicted molar refractivity (Wildman–Crippen MR) is 67.3 cm³/mol. The first-order chi connectivity index (χ1) is 7.38. The lowest BCUT2D eigenvalue weighted by Gasteiger charge is -2.30. The Kier molecular flexibility index (Phi) is 4.78. The third kappa shape index (κ3) is 4.97. The van der Waals surface area contributed by atoms with Crippen LogP contribution in [0.5, 0.6) is 0 Å². The van der Waals surface area contributed by atoms with Gasteiger partial charge in [0.05, 0.1) is 6.54 Å². The molecular weight excluding hydrogens is 200 g/mol. The second kappa shape index (κ2) is 5.67. The van der Waals surface area contributed by atoms with Crippen molar-refractivity contribution in [3.8, 4) is 0 Å². The van der Waals surface area contributed by atoms with Crippen LogP contribution < -0.4 is 10.6 Å². The summed E-state index contributed by atoms with van der Waals surface area (Å²) in [7, 11) is 0. The molecule has 0 spiro atoms. The van der Waals surface area contributed by atoms with Crippen LogP contribution in [-0.4, -0.2) is 24.0 Å². The Hall–Kier alpha value is -0.570. The molecule has 1 amide bonds. The highest BCUT2D eigenvalue weighted by Crippen LogP contribution is 2.23. The second-order valence-electron chi connectivity index (χ2n) is 6.04. The lowest BCUT2D eigenvalue weighted by Crippen LogP contribution is -2.48. The largest absolute Gasteiger partial charge is 0.352 e. The van der Waals surface area contributed by atoms with E-state index in [0.717, 1.165) is 6.42 Å². The van der Waals surface area contributed by atoms with Crippen LogP contribution in [0.1, 0.15) is 53.4 Å². The molecule has 0 aromatic heterocycles. The van der Waals surface area contributed by atoms with Crippen molar-refractivity contribution in [2.24, 2.45) is 5.92 Å². The topological polar surface area (TPSA) is 41.1 Å². The summed E-state index contributed by atoms with van der Waals surface area (Å²) in [5.74, 6) is 0.765. The van der Waals surface area contributed by atoms with Gasteiger partial charge in [0.1, 0.15) is 0 Å². The van der Waals surface area contributed by atoms with Crippen LogP contribution in [0.15, 0.2) is 0 Å². The minimum absolute atomic E-state index is 0.00945. The first-order valence-corrected chi connectivity index (χ1v) is 6.43. The molecule has 1 aliphatic rings. The van der Waals surface area contributed by atoms with Crippen LogP contribution in [0.3, 0.4) is 0 Å². The summed E-state index contributed by atoms with van der Waals surface area (Å²) in [6, 6.07) is 0.392. The molecule has 0 aromatic carbocycles. The number of carbonyl (C=O) groups is 1. The number of rotatable bonds is 3. The van der Waals surface area contributed by atoms with Gasteiger partial charge in [0.15, 0.2) is 0 Å². The van der Waals surface area contributed by atoms with Gasteiger partial charge in [0.2, 0.25) is 5.91 Å². The Labute approximate surface area is 99.4 Å². The van der Waals surface area contributed by atoms with E-state index in [9.17, 15) is 4.79 Å². The molecule has 2 unspecified atom stereocenters. The smallest absolute Gasteiger partial charge is 0.234 e. The van der Waals surface area contributed by atoms with E-state index < -0.39 is 0 Å². The molecule has 0 heterocycles. The zero-order chi connectivity index (χ0) is 12.2. The van der Waals surface area contributed by atoms with E-state index in [1.54, 1.807) is 0 Å². The van der Waals surface area contributed by atoms with Gasteiger partial charge in [-0.2, -0.15) is 0 Å². The Morgan fingerprint density at radius 2 is 1.88 bits per heavy atom. The summed E-state index contributed by atoms with van der Waals surface area (Å²) in [6.45, 7) is 8.88. The van der Waals surface area contributed by atoms with E-state index in [4.69, 9.17) is 0 Å². The average Bonchev–Trinajstić information content (AvgIpc) is 2.18. The lowest BCUT2D eigenvalue weighted by molar-refractivity contribution is -0.121. The Bertz CT molecular complexity index is 233. The minimum atomic E-state index is 0.00945. The molecule has 0 bridgehead atoms. The lowest BCUT2D eigenvalue weighted by atomic mass is 9.86. The Balaban J connectivity index is 2.28. The van der Waals surface area contributed by atoms with Gasteiger partial charge in [0, 0.05) is 11.6 Å². The summed E-state index contributed by atoms with van der Waals surface area (Å²) < 4.78 is 0. The van der Waals surface area contributed by atoms with Gasteiger partial charge in [-0.05, 0) is 39.5 Å². The van der Waals surface area contributed by atoms with Crippen molar-refractivity contribution in [3.05, 3.63) is 0 Å². The van der Waals surface area contributed by atoms with Gasteiger partial charge in [-0.15, -0.1) is 0 Å². The van der Waals surface area contributed by atoms with Gasteiger partial charge in [-0.25, -0.2) is 0 Å². The maximum absolute atomic E-state index is 11.7. The van der Waals surface area contributed by atoms with Crippen molar-refractivity contribution in [1.29, 1.82) is 0 Å². The molecule has 1 aliphatic carbocycles. The number of carbonyl (C=O) groups excluding carboxylic acids is 1. The van der Waals surface area contributed by atoms with Gasteiger partial charge in [0.25, 0.3) is 0 Å². The SMILES string of the molecule is CC1CCCCC1NC(=O)CNC(C)(C)C. The highest BCUT2D eigenvalue weighted by Gasteiger charge is 2.23. The van der Waals surface area contributed by atoms with Gasteiger partial charge < -0.3 is 10.6 Å². The maximum atomic E-state index is 11.7. The van der Waals surface area contributed by atoms with Crippen molar-refractivity contribution in [1.82, 2.24) is 10.6 Å². The maximum Gasteiger partial charge on any atom is 0.234 e. The van der Waals surface area contributed by atoms with Crippen LogP contribution in [-0.2, 0) is 4.79 Å². The molecule has 1 fully saturated rings. The fourth-order valence-electron chi connectivity index (χ4n) is 2.13. The molecule has 1 rings (SSSR count). The summed E-state index contributed by atoms with van der Waals surface area (Å²) in [6.07, 6.45) is 4.95. The summed E-state index contributed by atoms with van der Waals surface area (Å²) in [4.78, 5) is 11.7. The highest BCUT2D eigenvalue weighted by atomic mass is 16.2. The van der Waals surface area contributed by atoms with Gasteiger partial charge >= 0.3 is 0 Å². The van der Waals surface area contributed by atoms with E-state index in [-0.39, 0.29) is 11.4 Å². The molecule has 0 aromatic rings. The first kappa shape index (κ1) is 13.5. The number of amides is 1. The van der Waals surface area contributed by atoms with Crippen molar-refractivity contribution >= 4 is 5.91 Å². The van der Waals surface area contributed by atoms with Gasteiger partial charge in [-0.3, -0.25) is 4.79 Å². The quantitative estimate of drug-likeness (QED) is 0.773. The van der Waals surface area contributed by atoms with Crippen LogP contribution in [0.25, 0.3) is 0 Å². The van der Waals surface area contributed by atoms with E-state index in [2.05, 4.69) is 38.3 Å². The predicted octanol–water partition coefficient (Wildman–Crippen LogP) is 2.07. The van der Waals surface area contributed by atoms with Crippen molar-refractivity contribution in [3.63, 3.8) is 0 Å². The monoisotopic (exact) mass is 226 g/mol. The molecule has 1 saturated carbocycles. The summed E-state index contributed by atoms with van der Waals surface area (Å²) >= 11 is 0. The Morgan fingerprint density at radius 3 is 2.44 bits per heavy atom. The highest BCUT2D eigenvalue weighted by molar-refractivity contribution is 5.78. The van der Waals surface area contributed by atoms with Gasteiger partial charge in [-0.1, -0.05) is 19.8 Å². The van der Waals surface area contributed by atoms with Crippen LogP contribution >= 0.6 is 0 Å². The molecule has 3 heteroatoms. The minimum Gasteiger partial charge on any atom is -0.352 e. The van der Waals surface area contributed by atoms with Crippen molar-refractivity contribution < 1.29 is 4.79 Å². The zero-order valence-corrected chi connectivity index (χ0v) is 11.1. The fraction of sp³-hybridized carbons (Fsp3) is 0.923. The molecule has 2 atom stereocenters. The number of nitrogens with one attached hydrogen (secondary N) is 2. The molecule has 94 valence electrons. The second-order valence-corrected chi connectivity index (χ2v) is 6.04.